The molecule has 1 aliphatic carbocycles. The fourth-order valence-electron chi connectivity index (χ4n) is 2.04. The van der Waals surface area contributed by atoms with Gasteiger partial charge in [-0.25, -0.2) is 0 Å². The molecule has 0 bridgehead atoms. The van der Waals surface area contributed by atoms with Gasteiger partial charge in [0, 0.05) is 11.8 Å². The first kappa shape index (κ1) is 11.8. The van der Waals surface area contributed by atoms with Gasteiger partial charge < -0.3 is 0 Å². The molecule has 0 atom stereocenters. The summed E-state index contributed by atoms with van der Waals surface area (Å²) >= 11 is 0. The average Bonchev–Trinajstić information content (AvgIpc) is 2.62. The van der Waals surface area contributed by atoms with Crippen LogP contribution in [0.3, 0.4) is 0 Å². The summed E-state index contributed by atoms with van der Waals surface area (Å²) in [6, 6.07) is 5.73. The largest absolute Gasteiger partial charge is 0.289 e. The van der Waals surface area contributed by atoms with Gasteiger partial charge in [-0.2, -0.15) is 0 Å². The van der Waals surface area contributed by atoms with Crippen molar-refractivity contribution < 1.29 is 4.79 Å². The highest BCUT2D eigenvalue weighted by atomic mass is 16.1. The second kappa shape index (κ2) is 5.09. The molecule has 0 aromatic carbocycles. The number of hydrogen-bond acceptors (Lipinski definition) is 2. The van der Waals surface area contributed by atoms with Crippen LogP contribution in [-0.2, 0) is 4.79 Å². The third-order valence-corrected chi connectivity index (χ3v) is 2.79. The van der Waals surface area contributed by atoms with Crippen LogP contribution in [-0.4, -0.2) is 10.8 Å². The molecule has 2 heteroatoms. The minimum atomic E-state index is 0.198. The zero-order valence-corrected chi connectivity index (χ0v) is 10.3. The van der Waals surface area contributed by atoms with Gasteiger partial charge in [-0.1, -0.05) is 26.0 Å². The Balaban J connectivity index is 2.21. The monoisotopic (exact) mass is 227 g/mol. The number of Topliss-reactive ketones (excluding diaryl/α,β-unsaturated/α-hetero) is 1. The van der Waals surface area contributed by atoms with Crippen molar-refractivity contribution in [2.45, 2.75) is 26.7 Å². The van der Waals surface area contributed by atoms with Crippen LogP contribution in [0.5, 0.6) is 0 Å². The molecule has 1 aromatic heterocycles. The van der Waals surface area contributed by atoms with Gasteiger partial charge in [-0.15, -0.1) is 0 Å². The van der Waals surface area contributed by atoms with Crippen molar-refractivity contribution in [3.8, 4) is 0 Å². The maximum atomic E-state index is 12.1. The first-order valence-corrected chi connectivity index (χ1v) is 6.04. The zero-order valence-electron chi connectivity index (χ0n) is 10.3. The van der Waals surface area contributed by atoms with E-state index in [0.717, 1.165) is 29.7 Å². The summed E-state index contributed by atoms with van der Waals surface area (Å²) in [5.74, 6) is 0.632. The summed E-state index contributed by atoms with van der Waals surface area (Å²) in [5, 5.41) is 0. The molecular weight excluding hydrogens is 210 g/mol. The van der Waals surface area contributed by atoms with Crippen LogP contribution in [0, 0.1) is 5.92 Å². The first-order chi connectivity index (χ1) is 8.16. The van der Waals surface area contributed by atoms with Crippen LogP contribution in [0.4, 0.5) is 0 Å². The second-order valence-corrected chi connectivity index (χ2v) is 4.69. The Bertz CT molecular complexity index is 469. The van der Waals surface area contributed by atoms with Crippen LogP contribution in [0.15, 0.2) is 41.6 Å². The van der Waals surface area contributed by atoms with Crippen LogP contribution < -0.4 is 0 Å². The first-order valence-electron chi connectivity index (χ1n) is 6.04. The van der Waals surface area contributed by atoms with Crippen molar-refractivity contribution in [2.24, 2.45) is 5.92 Å². The van der Waals surface area contributed by atoms with E-state index in [2.05, 4.69) is 24.9 Å². The van der Waals surface area contributed by atoms with E-state index in [0.29, 0.717) is 5.92 Å². The Hall–Kier alpha value is -1.70. The topological polar surface area (TPSA) is 30.0 Å². The summed E-state index contributed by atoms with van der Waals surface area (Å²) < 4.78 is 0. The van der Waals surface area contributed by atoms with Crippen molar-refractivity contribution in [2.75, 3.05) is 0 Å². The quantitative estimate of drug-likeness (QED) is 0.725. The van der Waals surface area contributed by atoms with E-state index in [9.17, 15) is 4.79 Å². The zero-order chi connectivity index (χ0) is 12.3. The number of nitrogens with zero attached hydrogens (tertiary/aromatic N) is 1. The van der Waals surface area contributed by atoms with Gasteiger partial charge in [0.1, 0.15) is 0 Å². The van der Waals surface area contributed by atoms with Crippen LogP contribution in [0.1, 0.15) is 32.4 Å². The number of pyridine rings is 1. The van der Waals surface area contributed by atoms with E-state index in [1.54, 1.807) is 6.20 Å². The highest BCUT2D eigenvalue weighted by molar-refractivity contribution is 6.13. The molecule has 0 spiro atoms. The number of rotatable bonds is 2. The third kappa shape index (κ3) is 2.90. The van der Waals surface area contributed by atoms with Crippen molar-refractivity contribution >= 4 is 11.9 Å². The molecule has 1 aliphatic rings. The molecule has 88 valence electrons. The van der Waals surface area contributed by atoms with Gasteiger partial charge in [0.2, 0.25) is 0 Å². The normalized spacial score (nSPS) is 20.8. The Morgan fingerprint density at radius 3 is 2.65 bits per heavy atom. The van der Waals surface area contributed by atoms with Crippen molar-refractivity contribution in [1.29, 1.82) is 0 Å². The second-order valence-electron chi connectivity index (χ2n) is 4.69. The maximum Gasteiger partial charge on any atom is 0.184 e. The molecule has 2 nitrogen and oxygen atoms in total. The van der Waals surface area contributed by atoms with E-state index >= 15 is 0 Å². The Morgan fingerprint density at radius 1 is 1.24 bits per heavy atom. The van der Waals surface area contributed by atoms with Crippen LogP contribution in [0.25, 0.3) is 6.08 Å². The summed E-state index contributed by atoms with van der Waals surface area (Å²) in [4.78, 5) is 16.3. The molecule has 2 rings (SSSR count). The lowest BCUT2D eigenvalue weighted by Gasteiger charge is -1.98. The molecule has 0 amide bonds. The molecule has 0 unspecified atom stereocenters. The van der Waals surface area contributed by atoms with Crippen molar-refractivity contribution in [3.05, 3.63) is 47.3 Å². The van der Waals surface area contributed by atoms with Crippen molar-refractivity contribution in [1.82, 2.24) is 4.98 Å². The maximum absolute atomic E-state index is 12.1. The SMILES string of the molecule is CC(C)C=C1CCC(=Cc2ccccn2)C1=O. The lowest BCUT2D eigenvalue weighted by atomic mass is 10.1. The molecule has 1 heterocycles. The number of hydrogen-bond donors (Lipinski definition) is 0. The highest BCUT2D eigenvalue weighted by Crippen LogP contribution is 2.28. The van der Waals surface area contributed by atoms with Gasteiger partial charge in [-0.3, -0.25) is 9.78 Å². The fraction of sp³-hybridized carbons (Fsp3) is 0.333. The minimum absolute atomic E-state index is 0.198. The third-order valence-electron chi connectivity index (χ3n) is 2.79. The van der Waals surface area contributed by atoms with Gasteiger partial charge in [-0.05, 0) is 42.5 Å². The van der Waals surface area contributed by atoms with E-state index in [1.165, 1.54) is 0 Å². The lowest BCUT2D eigenvalue weighted by Crippen LogP contribution is -1.97. The number of allylic oxidation sites excluding steroid dienone is 3. The Morgan fingerprint density at radius 2 is 2.00 bits per heavy atom. The lowest BCUT2D eigenvalue weighted by molar-refractivity contribution is -0.111. The van der Waals surface area contributed by atoms with Gasteiger partial charge in [0.05, 0.1) is 5.69 Å². The van der Waals surface area contributed by atoms with E-state index < -0.39 is 0 Å². The average molecular weight is 227 g/mol. The molecule has 0 saturated heterocycles. The van der Waals surface area contributed by atoms with E-state index in [-0.39, 0.29) is 5.78 Å². The molecule has 0 radical (unpaired) electrons. The molecule has 17 heavy (non-hydrogen) atoms. The predicted molar refractivity (Wildman–Crippen MR) is 69.4 cm³/mol. The molecule has 1 saturated carbocycles. The van der Waals surface area contributed by atoms with Gasteiger partial charge in [0.25, 0.3) is 0 Å². The van der Waals surface area contributed by atoms with E-state index in [1.807, 2.05) is 24.3 Å². The van der Waals surface area contributed by atoms with Crippen LogP contribution in [0.2, 0.25) is 0 Å². The fourth-order valence-corrected chi connectivity index (χ4v) is 2.04. The predicted octanol–water partition coefficient (Wildman–Crippen LogP) is 3.41. The summed E-state index contributed by atoms with van der Waals surface area (Å²) in [6.45, 7) is 4.20. The Kier molecular flexibility index (Phi) is 3.52. The summed E-state index contributed by atoms with van der Waals surface area (Å²) in [6.07, 6.45) is 7.44. The smallest absolute Gasteiger partial charge is 0.184 e. The van der Waals surface area contributed by atoms with Gasteiger partial charge in [0.15, 0.2) is 5.78 Å². The molecule has 1 aromatic rings. The summed E-state index contributed by atoms with van der Waals surface area (Å²) in [5.41, 5.74) is 2.71. The number of ketones is 1. The van der Waals surface area contributed by atoms with E-state index in [4.69, 9.17) is 0 Å². The number of carbonyl (C=O) groups excluding carboxylic acids is 1. The molecular formula is C15H17NO. The molecule has 0 N–H and O–H groups in total. The van der Waals surface area contributed by atoms with Gasteiger partial charge >= 0.3 is 0 Å². The number of carbonyl (C=O) groups is 1. The van der Waals surface area contributed by atoms with Crippen molar-refractivity contribution in [3.63, 3.8) is 0 Å². The molecule has 0 aliphatic heterocycles. The number of aromatic nitrogens is 1. The standard InChI is InChI=1S/C15H17NO/c1-11(2)9-12-6-7-13(15(12)17)10-14-5-3-4-8-16-14/h3-5,8-11H,6-7H2,1-2H3. The molecule has 1 fully saturated rings. The minimum Gasteiger partial charge on any atom is -0.289 e. The van der Waals surface area contributed by atoms with Crippen LogP contribution >= 0.6 is 0 Å². The summed E-state index contributed by atoms with van der Waals surface area (Å²) in [7, 11) is 0. The Labute approximate surface area is 102 Å². The highest BCUT2D eigenvalue weighted by Gasteiger charge is 2.22.